The minimum atomic E-state index is 0.378. The smallest absolute Gasteiger partial charge is 0.227 e. The van der Waals surface area contributed by atoms with Gasteiger partial charge in [-0.25, -0.2) is 9.97 Å². The molecule has 0 amide bonds. The van der Waals surface area contributed by atoms with Crippen LogP contribution in [0.2, 0.25) is 0 Å². The molecule has 112 valence electrons. The summed E-state index contributed by atoms with van der Waals surface area (Å²) in [6.07, 6.45) is 5.63. The van der Waals surface area contributed by atoms with Crippen LogP contribution < -0.4 is 9.80 Å². The van der Waals surface area contributed by atoms with Gasteiger partial charge in [-0.1, -0.05) is 0 Å². The van der Waals surface area contributed by atoms with E-state index in [2.05, 4.69) is 20.0 Å². The van der Waals surface area contributed by atoms with Crippen LogP contribution in [0.3, 0.4) is 0 Å². The molecule has 1 saturated heterocycles. The maximum absolute atomic E-state index is 4.69. The van der Waals surface area contributed by atoms with Crippen LogP contribution in [0.5, 0.6) is 0 Å². The van der Waals surface area contributed by atoms with Crippen LogP contribution in [0.1, 0.15) is 18.5 Å². The predicted octanol–water partition coefficient (Wildman–Crippen LogP) is 1.11. The molecule has 0 radical (unpaired) electrons. The number of rotatable bonds is 4. The highest BCUT2D eigenvalue weighted by atomic mass is 15.4. The average Bonchev–Trinajstić information content (AvgIpc) is 3.10. The quantitative estimate of drug-likeness (QED) is 0.839. The molecule has 7 nitrogen and oxygen atoms in total. The first-order valence-corrected chi connectivity index (χ1v) is 7.25. The van der Waals surface area contributed by atoms with E-state index >= 15 is 0 Å². The Morgan fingerprint density at radius 1 is 1.33 bits per heavy atom. The standard InChI is InChI=1S/C14H21N7/c1-11-7-13(19(2)3)18-14(17-11)21-6-4-5-12(21)8-20-10-15-9-16-20/h7,9-10,12H,4-6,8H2,1-3H3/t12-/m1/s1. The van der Waals surface area contributed by atoms with Crippen LogP contribution in [0.15, 0.2) is 18.7 Å². The Hall–Kier alpha value is -2.18. The number of nitrogens with zero attached hydrogens (tertiary/aromatic N) is 7. The molecule has 0 aliphatic carbocycles. The van der Waals surface area contributed by atoms with Crippen LogP contribution in [0.25, 0.3) is 0 Å². The van der Waals surface area contributed by atoms with E-state index in [0.717, 1.165) is 43.4 Å². The molecule has 1 aliphatic heterocycles. The summed E-state index contributed by atoms with van der Waals surface area (Å²) in [6.45, 7) is 3.84. The van der Waals surface area contributed by atoms with Crippen molar-refractivity contribution >= 4 is 11.8 Å². The lowest BCUT2D eigenvalue weighted by molar-refractivity contribution is 0.504. The normalized spacial score (nSPS) is 18.2. The Morgan fingerprint density at radius 3 is 2.90 bits per heavy atom. The summed E-state index contributed by atoms with van der Waals surface area (Å²) in [6, 6.07) is 2.38. The van der Waals surface area contributed by atoms with E-state index in [-0.39, 0.29) is 0 Å². The molecule has 0 aromatic carbocycles. The van der Waals surface area contributed by atoms with E-state index in [1.165, 1.54) is 0 Å². The molecule has 3 rings (SSSR count). The summed E-state index contributed by atoms with van der Waals surface area (Å²) >= 11 is 0. The van der Waals surface area contributed by atoms with Gasteiger partial charge in [0.2, 0.25) is 5.95 Å². The highest BCUT2D eigenvalue weighted by molar-refractivity contribution is 5.45. The lowest BCUT2D eigenvalue weighted by atomic mass is 10.2. The Kier molecular flexibility index (Phi) is 3.72. The average molecular weight is 287 g/mol. The van der Waals surface area contributed by atoms with Gasteiger partial charge >= 0.3 is 0 Å². The van der Waals surface area contributed by atoms with Gasteiger partial charge in [-0.05, 0) is 19.8 Å². The van der Waals surface area contributed by atoms with Gasteiger partial charge in [-0.2, -0.15) is 10.1 Å². The molecule has 1 aliphatic rings. The summed E-state index contributed by atoms with van der Waals surface area (Å²) in [5.74, 6) is 1.77. The lowest BCUT2D eigenvalue weighted by Crippen LogP contribution is -2.34. The van der Waals surface area contributed by atoms with Gasteiger partial charge in [0.1, 0.15) is 18.5 Å². The van der Waals surface area contributed by atoms with Crippen molar-refractivity contribution in [3.05, 3.63) is 24.4 Å². The Labute approximate surface area is 124 Å². The molecule has 0 unspecified atom stereocenters. The molecule has 1 atom stereocenters. The molecule has 0 N–H and O–H groups in total. The van der Waals surface area contributed by atoms with Crippen LogP contribution >= 0.6 is 0 Å². The number of hydrogen-bond acceptors (Lipinski definition) is 6. The van der Waals surface area contributed by atoms with Gasteiger partial charge < -0.3 is 9.80 Å². The molecule has 2 aromatic rings. The van der Waals surface area contributed by atoms with Crippen LogP contribution in [0.4, 0.5) is 11.8 Å². The Morgan fingerprint density at radius 2 is 2.19 bits per heavy atom. The fourth-order valence-corrected chi connectivity index (χ4v) is 2.73. The third-order valence-corrected chi connectivity index (χ3v) is 3.79. The fraction of sp³-hybridized carbons (Fsp3) is 0.571. The summed E-state index contributed by atoms with van der Waals surface area (Å²) in [4.78, 5) is 17.6. The SMILES string of the molecule is Cc1cc(N(C)C)nc(N2CCC[C@@H]2Cn2cncn2)n1. The number of hydrogen-bond donors (Lipinski definition) is 0. The van der Waals surface area contributed by atoms with Crippen molar-refractivity contribution in [3.8, 4) is 0 Å². The van der Waals surface area contributed by atoms with E-state index in [0.29, 0.717) is 6.04 Å². The molecule has 0 spiro atoms. The molecule has 1 fully saturated rings. The summed E-state index contributed by atoms with van der Waals surface area (Å²) < 4.78 is 1.88. The number of aromatic nitrogens is 5. The zero-order chi connectivity index (χ0) is 14.8. The molecular weight excluding hydrogens is 266 g/mol. The molecular formula is C14H21N7. The van der Waals surface area contributed by atoms with E-state index in [1.807, 2.05) is 36.7 Å². The maximum Gasteiger partial charge on any atom is 0.227 e. The molecule has 0 saturated carbocycles. The summed E-state index contributed by atoms with van der Waals surface area (Å²) in [7, 11) is 4.00. The van der Waals surface area contributed by atoms with Gasteiger partial charge in [0.15, 0.2) is 0 Å². The van der Waals surface area contributed by atoms with E-state index in [4.69, 9.17) is 4.98 Å². The summed E-state index contributed by atoms with van der Waals surface area (Å²) in [5, 5.41) is 4.20. The topological polar surface area (TPSA) is 63.0 Å². The van der Waals surface area contributed by atoms with Crippen molar-refractivity contribution in [2.75, 3.05) is 30.4 Å². The Balaban J connectivity index is 1.84. The van der Waals surface area contributed by atoms with Crippen molar-refractivity contribution in [1.29, 1.82) is 0 Å². The van der Waals surface area contributed by atoms with Gasteiger partial charge in [-0.3, -0.25) is 4.68 Å². The number of aryl methyl sites for hydroxylation is 1. The largest absolute Gasteiger partial charge is 0.363 e. The molecule has 2 aromatic heterocycles. The van der Waals surface area contributed by atoms with Crippen LogP contribution in [-0.4, -0.2) is 51.4 Å². The maximum atomic E-state index is 4.69. The second-order valence-corrected chi connectivity index (χ2v) is 5.67. The Bertz CT molecular complexity index is 593. The minimum Gasteiger partial charge on any atom is -0.363 e. The zero-order valence-corrected chi connectivity index (χ0v) is 12.8. The first kappa shape index (κ1) is 13.8. The van der Waals surface area contributed by atoms with Gasteiger partial charge in [0.25, 0.3) is 0 Å². The minimum absolute atomic E-state index is 0.378. The van der Waals surface area contributed by atoms with Gasteiger partial charge in [-0.15, -0.1) is 0 Å². The highest BCUT2D eigenvalue weighted by Crippen LogP contribution is 2.25. The van der Waals surface area contributed by atoms with Crippen molar-refractivity contribution in [1.82, 2.24) is 24.7 Å². The monoisotopic (exact) mass is 287 g/mol. The number of anilines is 2. The summed E-state index contributed by atoms with van der Waals surface area (Å²) in [5.41, 5.74) is 0.995. The second-order valence-electron chi connectivity index (χ2n) is 5.67. The zero-order valence-electron chi connectivity index (χ0n) is 12.8. The van der Waals surface area contributed by atoms with E-state index in [1.54, 1.807) is 12.7 Å². The molecule has 3 heterocycles. The third-order valence-electron chi connectivity index (χ3n) is 3.79. The van der Waals surface area contributed by atoms with Crippen molar-refractivity contribution < 1.29 is 0 Å². The van der Waals surface area contributed by atoms with Crippen molar-refractivity contribution in [3.63, 3.8) is 0 Å². The molecule has 0 bridgehead atoms. The third kappa shape index (κ3) is 2.96. The van der Waals surface area contributed by atoms with Gasteiger partial charge in [0, 0.05) is 32.4 Å². The van der Waals surface area contributed by atoms with E-state index in [9.17, 15) is 0 Å². The van der Waals surface area contributed by atoms with Crippen LogP contribution in [-0.2, 0) is 6.54 Å². The predicted molar refractivity (Wildman–Crippen MR) is 81.5 cm³/mol. The van der Waals surface area contributed by atoms with Crippen LogP contribution in [0, 0.1) is 6.92 Å². The van der Waals surface area contributed by atoms with Crippen molar-refractivity contribution in [2.24, 2.45) is 0 Å². The first-order chi connectivity index (χ1) is 10.1. The van der Waals surface area contributed by atoms with Crippen molar-refractivity contribution in [2.45, 2.75) is 32.4 Å². The molecule has 21 heavy (non-hydrogen) atoms. The van der Waals surface area contributed by atoms with Gasteiger partial charge in [0.05, 0.1) is 12.6 Å². The first-order valence-electron chi connectivity index (χ1n) is 7.25. The lowest BCUT2D eigenvalue weighted by Gasteiger charge is -2.25. The molecule has 7 heteroatoms. The fourth-order valence-electron chi connectivity index (χ4n) is 2.73. The highest BCUT2D eigenvalue weighted by Gasteiger charge is 2.27. The second kappa shape index (κ2) is 5.67. The van der Waals surface area contributed by atoms with E-state index < -0.39 is 0 Å².